The minimum Gasteiger partial charge on any atom is -0.493 e. The average molecular weight is 434 g/mol. The number of thiazole rings is 1. The maximum Gasteiger partial charge on any atom is 0.296 e. The molecule has 0 spiro atoms. The van der Waals surface area contributed by atoms with Gasteiger partial charge >= 0.3 is 0 Å². The van der Waals surface area contributed by atoms with Crippen LogP contribution in [-0.4, -0.2) is 21.2 Å². The second-order valence-electron chi connectivity index (χ2n) is 7.23. The number of hydrogen-bond acceptors (Lipinski definition) is 6. The number of fused-ring (bicyclic) bond motifs is 1. The summed E-state index contributed by atoms with van der Waals surface area (Å²) in [6.45, 7) is 2.78. The van der Waals surface area contributed by atoms with E-state index in [9.17, 15) is 9.59 Å². The van der Waals surface area contributed by atoms with Gasteiger partial charge in [-0.15, -0.1) is 0 Å². The van der Waals surface area contributed by atoms with Crippen LogP contribution in [-0.2, 0) is 6.42 Å². The summed E-state index contributed by atoms with van der Waals surface area (Å²) in [5.74, 6) is 0.732. The zero-order valence-electron chi connectivity index (χ0n) is 17.3. The molecule has 4 rings (SSSR count). The zero-order valence-corrected chi connectivity index (χ0v) is 18.1. The highest BCUT2D eigenvalue weighted by atomic mass is 32.1. The highest BCUT2D eigenvalue weighted by Gasteiger charge is 2.12. The summed E-state index contributed by atoms with van der Waals surface area (Å²) in [5, 5.41) is 4.31. The Balaban J connectivity index is 1.70. The average Bonchev–Trinajstić information content (AvgIpc) is 3.07. The van der Waals surface area contributed by atoms with E-state index in [4.69, 9.17) is 4.74 Å². The minimum atomic E-state index is -0.406. The molecule has 0 saturated carbocycles. The minimum absolute atomic E-state index is 0.254. The molecular weight excluding hydrogens is 410 g/mol. The molecule has 0 amide bonds. The first-order valence-corrected chi connectivity index (χ1v) is 11.2. The van der Waals surface area contributed by atoms with Crippen molar-refractivity contribution in [3.8, 4) is 5.75 Å². The van der Waals surface area contributed by atoms with Gasteiger partial charge in [0.15, 0.2) is 0 Å². The van der Waals surface area contributed by atoms with Gasteiger partial charge in [-0.3, -0.25) is 9.59 Å². The SMILES string of the molecule is CCCCCOc1ccccc1C=c1sc2nc(=O)c(Cc3ccccc3)nn2c1=O. The molecular formula is C24H23N3O3S. The van der Waals surface area contributed by atoms with E-state index in [2.05, 4.69) is 17.0 Å². The van der Waals surface area contributed by atoms with E-state index in [1.807, 2.05) is 54.6 Å². The van der Waals surface area contributed by atoms with Crippen LogP contribution in [0.25, 0.3) is 11.0 Å². The van der Waals surface area contributed by atoms with Crippen LogP contribution in [0.5, 0.6) is 5.75 Å². The number of ether oxygens (including phenoxy) is 1. The predicted molar refractivity (Wildman–Crippen MR) is 123 cm³/mol. The Morgan fingerprint density at radius 3 is 2.61 bits per heavy atom. The van der Waals surface area contributed by atoms with Crippen molar-refractivity contribution >= 4 is 22.4 Å². The molecule has 2 heterocycles. The predicted octanol–water partition coefficient (Wildman–Crippen LogP) is 3.22. The Morgan fingerprint density at radius 1 is 1.03 bits per heavy atom. The van der Waals surface area contributed by atoms with Crippen LogP contribution in [0.1, 0.15) is 43.0 Å². The van der Waals surface area contributed by atoms with E-state index < -0.39 is 5.56 Å². The molecule has 2 aromatic carbocycles. The Morgan fingerprint density at radius 2 is 1.81 bits per heavy atom. The van der Waals surface area contributed by atoms with E-state index >= 15 is 0 Å². The van der Waals surface area contributed by atoms with Crippen LogP contribution in [0.2, 0.25) is 0 Å². The van der Waals surface area contributed by atoms with Gasteiger partial charge < -0.3 is 4.74 Å². The number of benzene rings is 2. The Bertz CT molecular complexity index is 1350. The van der Waals surface area contributed by atoms with Crippen LogP contribution >= 0.6 is 11.3 Å². The summed E-state index contributed by atoms with van der Waals surface area (Å²) < 4.78 is 7.60. The van der Waals surface area contributed by atoms with Gasteiger partial charge in [0.1, 0.15) is 11.4 Å². The largest absolute Gasteiger partial charge is 0.493 e. The molecule has 0 fully saturated rings. The number of para-hydroxylation sites is 1. The third kappa shape index (κ3) is 4.88. The fourth-order valence-electron chi connectivity index (χ4n) is 3.25. The summed E-state index contributed by atoms with van der Waals surface area (Å²) in [4.78, 5) is 29.8. The molecule has 0 aliphatic carbocycles. The van der Waals surface area contributed by atoms with Crippen molar-refractivity contribution < 1.29 is 4.74 Å². The van der Waals surface area contributed by atoms with Gasteiger partial charge in [-0.1, -0.05) is 79.6 Å². The quantitative estimate of drug-likeness (QED) is 0.399. The van der Waals surface area contributed by atoms with Gasteiger partial charge in [0.05, 0.1) is 11.1 Å². The fraction of sp³-hybridized carbons (Fsp3) is 0.250. The molecule has 0 aliphatic rings. The van der Waals surface area contributed by atoms with Crippen LogP contribution in [0.4, 0.5) is 0 Å². The van der Waals surface area contributed by atoms with Crippen molar-refractivity contribution in [1.82, 2.24) is 14.6 Å². The molecule has 0 saturated heterocycles. The van der Waals surface area contributed by atoms with Crippen LogP contribution in [0, 0.1) is 0 Å². The van der Waals surface area contributed by atoms with Crippen molar-refractivity contribution in [3.63, 3.8) is 0 Å². The number of nitrogens with zero attached hydrogens (tertiary/aromatic N) is 3. The molecule has 31 heavy (non-hydrogen) atoms. The zero-order chi connectivity index (χ0) is 21.6. The second kappa shape index (κ2) is 9.66. The summed E-state index contributed by atoms with van der Waals surface area (Å²) >= 11 is 1.15. The van der Waals surface area contributed by atoms with E-state index in [0.717, 1.165) is 47.5 Å². The van der Waals surface area contributed by atoms with Crippen molar-refractivity contribution in [1.29, 1.82) is 0 Å². The molecule has 2 aromatic heterocycles. The number of unbranched alkanes of at least 4 members (excludes halogenated alkanes) is 2. The third-order valence-electron chi connectivity index (χ3n) is 4.88. The smallest absolute Gasteiger partial charge is 0.296 e. The van der Waals surface area contributed by atoms with Crippen molar-refractivity contribution in [2.45, 2.75) is 32.6 Å². The second-order valence-corrected chi connectivity index (χ2v) is 8.24. The summed E-state index contributed by atoms with van der Waals surface area (Å²) in [6.07, 6.45) is 5.34. The van der Waals surface area contributed by atoms with Crippen LogP contribution < -0.4 is 20.4 Å². The van der Waals surface area contributed by atoms with Gasteiger partial charge in [0.25, 0.3) is 11.1 Å². The van der Waals surface area contributed by atoms with Crippen LogP contribution in [0.3, 0.4) is 0 Å². The maximum absolute atomic E-state index is 13.0. The topological polar surface area (TPSA) is 73.6 Å². The van der Waals surface area contributed by atoms with Crippen molar-refractivity contribution in [2.24, 2.45) is 0 Å². The highest BCUT2D eigenvalue weighted by Crippen LogP contribution is 2.19. The summed E-state index contributed by atoms with van der Waals surface area (Å²) in [7, 11) is 0. The molecule has 0 radical (unpaired) electrons. The normalized spacial score (nSPS) is 11.8. The Labute approximate surface area is 183 Å². The molecule has 0 bridgehead atoms. The van der Waals surface area contributed by atoms with Gasteiger partial charge in [-0.25, -0.2) is 0 Å². The molecule has 7 heteroatoms. The number of aromatic nitrogens is 3. The third-order valence-corrected chi connectivity index (χ3v) is 5.83. The van der Waals surface area contributed by atoms with E-state index in [0.29, 0.717) is 22.5 Å². The molecule has 0 N–H and O–H groups in total. The maximum atomic E-state index is 13.0. The van der Waals surface area contributed by atoms with E-state index in [1.165, 1.54) is 4.52 Å². The van der Waals surface area contributed by atoms with Crippen LogP contribution in [0.15, 0.2) is 64.2 Å². The lowest BCUT2D eigenvalue weighted by molar-refractivity contribution is 0.305. The van der Waals surface area contributed by atoms with Gasteiger partial charge in [0.2, 0.25) is 4.96 Å². The fourth-order valence-corrected chi connectivity index (χ4v) is 4.14. The molecule has 0 atom stereocenters. The van der Waals surface area contributed by atoms with E-state index in [-0.39, 0.29) is 11.3 Å². The molecule has 158 valence electrons. The Hall–Kier alpha value is -3.32. The van der Waals surface area contributed by atoms with Gasteiger partial charge in [-0.05, 0) is 24.1 Å². The molecule has 6 nitrogen and oxygen atoms in total. The first kappa shape index (κ1) is 20.9. The standard InChI is InChI=1S/C24H23N3O3S/c1-2-3-9-14-30-20-13-8-7-12-18(20)16-21-23(29)27-24(31-21)25-22(28)19(26-27)15-17-10-5-4-6-11-17/h4-8,10-13,16H,2-3,9,14-15H2,1H3. The molecule has 0 aliphatic heterocycles. The monoisotopic (exact) mass is 433 g/mol. The molecule has 4 aromatic rings. The number of hydrogen-bond donors (Lipinski definition) is 0. The lowest BCUT2D eigenvalue weighted by Gasteiger charge is -2.08. The van der Waals surface area contributed by atoms with Crippen molar-refractivity contribution in [2.75, 3.05) is 6.61 Å². The van der Waals surface area contributed by atoms with Gasteiger partial charge in [-0.2, -0.15) is 14.6 Å². The van der Waals surface area contributed by atoms with Crippen molar-refractivity contribution in [3.05, 3.63) is 96.7 Å². The lowest BCUT2D eigenvalue weighted by atomic mass is 10.1. The first-order chi connectivity index (χ1) is 15.2. The summed E-state index contributed by atoms with van der Waals surface area (Å²) in [6, 6.07) is 17.2. The number of rotatable bonds is 8. The van der Waals surface area contributed by atoms with E-state index in [1.54, 1.807) is 6.08 Å². The highest BCUT2D eigenvalue weighted by molar-refractivity contribution is 7.15. The first-order valence-electron chi connectivity index (χ1n) is 10.4. The Kier molecular flexibility index (Phi) is 6.52. The molecule has 0 unspecified atom stereocenters. The lowest BCUT2D eigenvalue weighted by Crippen LogP contribution is -2.28. The summed E-state index contributed by atoms with van der Waals surface area (Å²) in [5.41, 5.74) is 1.32. The van der Waals surface area contributed by atoms with Gasteiger partial charge in [0, 0.05) is 12.0 Å².